The minimum absolute atomic E-state index is 0.0911. The van der Waals surface area contributed by atoms with Gasteiger partial charge < -0.3 is 27.4 Å². The van der Waals surface area contributed by atoms with Gasteiger partial charge in [-0.3, -0.25) is 0 Å². The summed E-state index contributed by atoms with van der Waals surface area (Å²) < 4.78 is 0. The molecule has 2 atom stereocenters. The molecular weight excluding hydrogens is 406 g/mol. The fourth-order valence-electron chi connectivity index (χ4n) is 4.70. The van der Waals surface area contributed by atoms with Crippen LogP contribution in [0.25, 0.3) is 0 Å². The van der Waals surface area contributed by atoms with E-state index >= 15 is 0 Å². The first-order valence-electron chi connectivity index (χ1n) is 12.3. The minimum atomic E-state index is -0.0911. The number of piperidine rings is 1. The van der Waals surface area contributed by atoms with Crippen LogP contribution in [0.15, 0.2) is 77.3 Å². The molecule has 2 aromatic carbocycles. The summed E-state index contributed by atoms with van der Waals surface area (Å²) in [6.07, 6.45) is 5.32. The first-order chi connectivity index (χ1) is 16.0. The number of rotatable bonds is 10. The Morgan fingerprint density at radius 3 is 2.33 bits per heavy atom. The number of likely N-dealkylation sites (N-methyl/N-ethyl adjacent to an activating group) is 1. The van der Waals surface area contributed by atoms with E-state index in [9.17, 15) is 0 Å². The van der Waals surface area contributed by atoms with Crippen molar-refractivity contribution >= 4 is 0 Å². The summed E-state index contributed by atoms with van der Waals surface area (Å²) in [5.74, 6) is 0.365. The second-order valence-electron chi connectivity index (χ2n) is 9.09. The zero-order chi connectivity index (χ0) is 23.6. The van der Waals surface area contributed by atoms with E-state index in [0.717, 1.165) is 55.6 Å². The van der Waals surface area contributed by atoms with E-state index in [1.807, 2.05) is 7.05 Å². The fraction of sp³-hybridized carbons (Fsp3) is 0.429. The summed E-state index contributed by atoms with van der Waals surface area (Å²) in [7, 11) is 1.97. The standard InChI is InChI=1S/C28H41N5/c1-4-9-20(2)26(33-24-12-8-17-32-19-24)25(28(29)30)27(31-3)23-15-13-22(14-16-23)18-21-10-6-5-7-11-21/h5-7,10-11,13-16,24,27,31-33H,4,8-9,12,17-19,29-30H2,1-3H3/b26-20+. The average Bonchev–Trinajstić information content (AvgIpc) is 2.83. The van der Waals surface area contributed by atoms with E-state index in [0.29, 0.717) is 11.9 Å². The Bertz CT molecular complexity index is 921. The number of benzene rings is 2. The highest BCUT2D eigenvalue weighted by Gasteiger charge is 2.25. The van der Waals surface area contributed by atoms with E-state index < -0.39 is 0 Å². The molecule has 0 amide bonds. The highest BCUT2D eigenvalue weighted by atomic mass is 15.0. The number of allylic oxidation sites excluding steroid dienone is 1. The Hall–Kier alpha value is -2.76. The average molecular weight is 448 g/mol. The lowest BCUT2D eigenvalue weighted by molar-refractivity contribution is 0.411. The molecule has 0 bridgehead atoms. The maximum absolute atomic E-state index is 6.35. The summed E-state index contributed by atoms with van der Waals surface area (Å²) in [6.45, 7) is 6.45. The number of hydrogen-bond acceptors (Lipinski definition) is 5. The number of hydrogen-bond donors (Lipinski definition) is 5. The van der Waals surface area contributed by atoms with Gasteiger partial charge in [-0.05, 0) is 68.5 Å². The van der Waals surface area contributed by atoms with E-state index in [1.165, 1.54) is 23.1 Å². The summed E-state index contributed by atoms with van der Waals surface area (Å²) in [6, 6.07) is 19.6. The zero-order valence-electron chi connectivity index (χ0n) is 20.5. The Morgan fingerprint density at radius 1 is 1.06 bits per heavy atom. The van der Waals surface area contributed by atoms with E-state index in [-0.39, 0.29) is 6.04 Å². The van der Waals surface area contributed by atoms with E-state index in [2.05, 4.69) is 84.4 Å². The number of nitrogens with two attached hydrogens (primary N) is 2. The molecule has 2 unspecified atom stereocenters. The monoisotopic (exact) mass is 447 g/mol. The topological polar surface area (TPSA) is 88.1 Å². The summed E-state index contributed by atoms with van der Waals surface area (Å²) in [5.41, 5.74) is 19.8. The Labute approximate surface area is 199 Å². The van der Waals surface area contributed by atoms with E-state index in [4.69, 9.17) is 11.5 Å². The molecular formula is C28H41N5. The second kappa shape index (κ2) is 12.5. The lowest BCUT2D eigenvalue weighted by Crippen LogP contribution is -2.44. The van der Waals surface area contributed by atoms with Crippen LogP contribution in [0, 0.1) is 0 Å². The molecule has 1 heterocycles. The SMILES string of the molecule is CCC/C(C)=C(/NC1CCCNC1)C(=C(N)N)C(NC)c1ccc(Cc2ccccc2)cc1. The molecule has 5 nitrogen and oxygen atoms in total. The first kappa shape index (κ1) is 24.9. The van der Waals surface area contributed by atoms with Gasteiger partial charge in [-0.2, -0.15) is 0 Å². The van der Waals surface area contributed by atoms with Gasteiger partial charge in [-0.15, -0.1) is 0 Å². The van der Waals surface area contributed by atoms with Crippen LogP contribution in [-0.4, -0.2) is 26.2 Å². The van der Waals surface area contributed by atoms with Crippen molar-refractivity contribution in [1.82, 2.24) is 16.0 Å². The highest BCUT2D eigenvalue weighted by molar-refractivity contribution is 5.45. The molecule has 1 aliphatic rings. The molecule has 0 spiro atoms. The molecule has 3 rings (SSSR count). The molecule has 1 fully saturated rings. The molecule has 0 aromatic heterocycles. The summed E-state index contributed by atoms with van der Waals surface area (Å²) in [4.78, 5) is 0. The molecule has 7 N–H and O–H groups in total. The predicted molar refractivity (Wildman–Crippen MR) is 140 cm³/mol. The van der Waals surface area contributed by atoms with Crippen LogP contribution in [0.3, 0.4) is 0 Å². The first-order valence-corrected chi connectivity index (χ1v) is 12.3. The normalized spacial score (nSPS) is 17.7. The molecule has 0 aliphatic carbocycles. The predicted octanol–water partition coefficient (Wildman–Crippen LogP) is 4.08. The van der Waals surface area contributed by atoms with Crippen LogP contribution < -0.4 is 27.4 Å². The molecule has 178 valence electrons. The van der Waals surface area contributed by atoms with E-state index in [1.54, 1.807) is 0 Å². The maximum Gasteiger partial charge on any atom is 0.101 e. The van der Waals surface area contributed by atoms with Crippen LogP contribution in [0.1, 0.15) is 62.3 Å². The third-order valence-electron chi connectivity index (χ3n) is 6.42. The Morgan fingerprint density at radius 2 is 1.76 bits per heavy atom. The smallest absolute Gasteiger partial charge is 0.101 e. The molecule has 0 radical (unpaired) electrons. The van der Waals surface area contributed by atoms with Crippen molar-refractivity contribution in [2.24, 2.45) is 11.5 Å². The van der Waals surface area contributed by atoms with Crippen LogP contribution in [0.2, 0.25) is 0 Å². The van der Waals surface area contributed by atoms with Gasteiger partial charge >= 0.3 is 0 Å². The van der Waals surface area contributed by atoms with Gasteiger partial charge in [0.15, 0.2) is 0 Å². The quantitative estimate of drug-likeness (QED) is 0.354. The number of nitrogens with one attached hydrogen (secondary N) is 3. The molecule has 2 aromatic rings. The van der Waals surface area contributed by atoms with Crippen LogP contribution in [-0.2, 0) is 6.42 Å². The Kier molecular flexibility index (Phi) is 9.40. The van der Waals surface area contributed by atoms with Crippen molar-refractivity contribution in [1.29, 1.82) is 0 Å². The van der Waals surface area contributed by atoms with Crippen molar-refractivity contribution in [3.8, 4) is 0 Å². The van der Waals surface area contributed by atoms with Gasteiger partial charge in [0, 0.05) is 23.9 Å². The molecule has 0 saturated carbocycles. The molecule has 5 heteroatoms. The van der Waals surface area contributed by atoms with Gasteiger partial charge in [0.25, 0.3) is 0 Å². The van der Waals surface area contributed by atoms with Gasteiger partial charge in [-0.1, -0.05) is 67.9 Å². The van der Waals surface area contributed by atoms with Crippen LogP contribution >= 0.6 is 0 Å². The highest BCUT2D eigenvalue weighted by Crippen LogP contribution is 2.30. The third-order valence-corrected chi connectivity index (χ3v) is 6.42. The summed E-state index contributed by atoms with van der Waals surface area (Å²) in [5, 5.41) is 10.8. The largest absolute Gasteiger partial charge is 0.385 e. The van der Waals surface area contributed by atoms with Crippen molar-refractivity contribution in [3.05, 3.63) is 94.0 Å². The van der Waals surface area contributed by atoms with Crippen LogP contribution in [0.5, 0.6) is 0 Å². The van der Waals surface area contributed by atoms with Crippen molar-refractivity contribution in [3.63, 3.8) is 0 Å². The maximum atomic E-state index is 6.35. The Balaban J connectivity index is 1.89. The molecule has 1 saturated heterocycles. The lowest BCUT2D eigenvalue weighted by Gasteiger charge is -2.31. The van der Waals surface area contributed by atoms with Gasteiger partial charge in [0.05, 0.1) is 6.04 Å². The lowest BCUT2D eigenvalue weighted by atomic mass is 9.91. The van der Waals surface area contributed by atoms with Gasteiger partial charge in [0.1, 0.15) is 5.82 Å². The van der Waals surface area contributed by atoms with Crippen molar-refractivity contribution in [2.75, 3.05) is 20.1 Å². The zero-order valence-corrected chi connectivity index (χ0v) is 20.5. The summed E-state index contributed by atoms with van der Waals surface area (Å²) >= 11 is 0. The molecule has 1 aliphatic heterocycles. The third kappa shape index (κ3) is 6.86. The fourth-order valence-corrected chi connectivity index (χ4v) is 4.70. The second-order valence-corrected chi connectivity index (χ2v) is 9.09. The van der Waals surface area contributed by atoms with Gasteiger partial charge in [0.2, 0.25) is 0 Å². The van der Waals surface area contributed by atoms with Crippen molar-refractivity contribution < 1.29 is 0 Å². The van der Waals surface area contributed by atoms with Gasteiger partial charge in [-0.25, -0.2) is 0 Å². The minimum Gasteiger partial charge on any atom is -0.385 e. The van der Waals surface area contributed by atoms with Crippen LogP contribution in [0.4, 0.5) is 0 Å². The molecule has 33 heavy (non-hydrogen) atoms. The van der Waals surface area contributed by atoms with Crippen molar-refractivity contribution in [2.45, 2.75) is 58.0 Å².